The quantitative estimate of drug-likeness (QED) is 0.504. The molecule has 0 atom stereocenters. The highest BCUT2D eigenvalue weighted by Crippen LogP contribution is 2.28. The van der Waals surface area contributed by atoms with Crippen LogP contribution in [0.4, 0.5) is 23.0 Å². The average molecular weight is 458 g/mol. The number of amides is 1. The van der Waals surface area contributed by atoms with Crippen LogP contribution in [0, 0.1) is 0 Å². The number of hydrazine groups is 1. The van der Waals surface area contributed by atoms with E-state index in [0.717, 1.165) is 36.9 Å². The Hall–Kier alpha value is -3.23. The van der Waals surface area contributed by atoms with E-state index < -0.39 is 0 Å². The molecule has 0 aliphatic carbocycles. The predicted octanol–water partition coefficient (Wildman–Crippen LogP) is 3.45. The number of halogens is 2. The Morgan fingerprint density at radius 3 is 2.35 bits per heavy atom. The van der Waals surface area contributed by atoms with E-state index in [1.165, 1.54) is 6.33 Å². The molecule has 1 saturated heterocycles. The number of nitrogens with zero attached hydrogens (tertiary/aromatic N) is 4. The number of hydrogen-bond donors (Lipinski definition) is 3. The van der Waals surface area contributed by atoms with Crippen LogP contribution in [0.5, 0.6) is 0 Å². The summed E-state index contributed by atoms with van der Waals surface area (Å²) in [6.07, 6.45) is 1.42. The third-order valence-corrected chi connectivity index (χ3v) is 5.50. The molecule has 4 N–H and O–H groups in total. The summed E-state index contributed by atoms with van der Waals surface area (Å²) in [7, 11) is 0. The van der Waals surface area contributed by atoms with E-state index in [4.69, 9.17) is 28.9 Å². The Balaban J connectivity index is 1.40. The van der Waals surface area contributed by atoms with Crippen LogP contribution in [0.2, 0.25) is 10.0 Å². The number of anilines is 4. The van der Waals surface area contributed by atoms with Gasteiger partial charge in [-0.05, 0) is 42.5 Å². The lowest BCUT2D eigenvalue weighted by Gasteiger charge is -2.37. The molecule has 3 aromatic rings. The van der Waals surface area contributed by atoms with Gasteiger partial charge < -0.3 is 15.5 Å². The lowest BCUT2D eigenvalue weighted by Crippen LogP contribution is -2.47. The predicted molar refractivity (Wildman–Crippen MR) is 125 cm³/mol. The Bertz CT molecular complexity index is 1070. The van der Waals surface area contributed by atoms with Crippen molar-refractivity contribution in [2.75, 3.05) is 47.1 Å². The Morgan fingerprint density at radius 1 is 0.935 bits per heavy atom. The molecule has 0 radical (unpaired) electrons. The van der Waals surface area contributed by atoms with E-state index in [0.29, 0.717) is 27.9 Å². The standard InChI is InChI=1S/C21H21Cl2N7O/c22-15-6-4-14(5-7-15)21(31)28-27-19-18(24)20(26-13-25-19)30-10-8-29(9-11-30)17-3-1-2-16(23)12-17/h1-7,12-13H,8-11,24H2,(H,28,31)(H,25,26,27). The normalized spacial score (nSPS) is 13.7. The second-order valence-electron chi connectivity index (χ2n) is 7.00. The lowest BCUT2D eigenvalue weighted by molar-refractivity contribution is 0.0962. The van der Waals surface area contributed by atoms with Gasteiger partial charge in [-0.1, -0.05) is 29.3 Å². The van der Waals surface area contributed by atoms with Crippen molar-refractivity contribution in [2.45, 2.75) is 0 Å². The summed E-state index contributed by atoms with van der Waals surface area (Å²) < 4.78 is 0. The van der Waals surface area contributed by atoms with Crippen LogP contribution in [-0.4, -0.2) is 42.1 Å². The zero-order valence-corrected chi connectivity index (χ0v) is 18.1. The van der Waals surface area contributed by atoms with E-state index in [-0.39, 0.29) is 5.91 Å². The maximum absolute atomic E-state index is 12.3. The van der Waals surface area contributed by atoms with Gasteiger partial charge in [0.25, 0.3) is 5.91 Å². The molecule has 8 nitrogen and oxygen atoms in total. The number of rotatable bonds is 5. The first-order valence-electron chi connectivity index (χ1n) is 9.69. The zero-order chi connectivity index (χ0) is 21.8. The molecule has 1 amide bonds. The van der Waals surface area contributed by atoms with Gasteiger partial charge in [0.15, 0.2) is 11.6 Å². The highest BCUT2D eigenvalue weighted by Gasteiger charge is 2.22. The largest absolute Gasteiger partial charge is 0.393 e. The molecule has 4 rings (SSSR count). The minimum absolute atomic E-state index is 0.327. The second kappa shape index (κ2) is 9.28. The summed E-state index contributed by atoms with van der Waals surface area (Å²) in [5, 5.41) is 1.28. The second-order valence-corrected chi connectivity index (χ2v) is 7.87. The van der Waals surface area contributed by atoms with Crippen molar-refractivity contribution in [2.24, 2.45) is 0 Å². The maximum atomic E-state index is 12.3. The number of aromatic nitrogens is 2. The SMILES string of the molecule is Nc1c(NNC(=O)c2ccc(Cl)cc2)ncnc1N1CCN(c2cccc(Cl)c2)CC1. The molecule has 1 aliphatic heterocycles. The third-order valence-electron chi connectivity index (χ3n) is 5.02. The zero-order valence-electron chi connectivity index (χ0n) is 16.6. The van der Waals surface area contributed by atoms with Gasteiger partial charge in [-0.15, -0.1) is 0 Å². The molecule has 160 valence electrons. The summed E-state index contributed by atoms with van der Waals surface area (Å²) in [5.74, 6) is 0.639. The Labute approximate surface area is 190 Å². The first-order chi connectivity index (χ1) is 15.0. The number of benzene rings is 2. The van der Waals surface area contributed by atoms with E-state index in [1.807, 2.05) is 24.3 Å². The molecule has 0 bridgehead atoms. The van der Waals surface area contributed by atoms with Gasteiger partial charge in [-0.2, -0.15) is 0 Å². The molecule has 2 heterocycles. The highest BCUT2D eigenvalue weighted by molar-refractivity contribution is 6.31. The summed E-state index contributed by atoms with van der Waals surface area (Å²) in [6, 6.07) is 14.4. The first kappa shape index (κ1) is 21.0. The third kappa shape index (κ3) is 4.92. The number of nitrogens with two attached hydrogens (primary N) is 1. The van der Waals surface area contributed by atoms with Gasteiger partial charge in [0, 0.05) is 47.5 Å². The molecule has 0 spiro atoms. The summed E-state index contributed by atoms with van der Waals surface area (Å²) in [5.41, 5.74) is 13.6. The first-order valence-corrected chi connectivity index (χ1v) is 10.4. The lowest BCUT2D eigenvalue weighted by atomic mass is 10.2. The van der Waals surface area contributed by atoms with Crippen molar-refractivity contribution in [3.05, 3.63) is 70.5 Å². The van der Waals surface area contributed by atoms with Crippen LogP contribution in [0.15, 0.2) is 54.9 Å². The molecular formula is C21H21Cl2N7O. The highest BCUT2D eigenvalue weighted by atomic mass is 35.5. The average Bonchev–Trinajstić information content (AvgIpc) is 2.79. The fourth-order valence-electron chi connectivity index (χ4n) is 3.38. The van der Waals surface area contributed by atoms with Crippen molar-refractivity contribution < 1.29 is 4.79 Å². The number of hydrogen-bond acceptors (Lipinski definition) is 7. The van der Waals surface area contributed by atoms with Crippen molar-refractivity contribution in [3.63, 3.8) is 0 Å². The van der Waals surface area contributed by atoms with E-state index in [2.05, 4.69) is 30.6 Å². The van der Waals surface area contributed by atoms with Crippen LogP contribution in [0.3, 0.4) is 0 Å². The van der Waals surface area contributed by atoms with Crippen LogP contribution < -0.4 is 26.4 Å². The molecule has 0 unspecified atom stereocenters. The van der Waals surface area contributed by atoms with Gasteiger partial charge in [0.05, 0.1) is 0 Å². The molecule has 1 aromatic heterocycles. The fourth-order valence-corrected chi connectivity index (χ4v) is 3.69. The molecule has 1 fully saturated rings. The smallest absolute Gasteiger partial charge is 0.269 e. The van der Waals surface area contributed by atoms with E-state index in [9.17, 15) is 4.79 Å². The maximum Gasteiger partial charge on any atom is 0.269 e. The van der Waals surface area contributed by atoms with Crippen molar-refractivity contribution in [1.82, 2.24) is 15.4 Å². The van der Waals surface area contributed by atoms with Crippen molar-refractivity contribution >= 4 is 52.1 Å². The summed E-state index contributed by atoms with van der Waals surface area (Å²) in [6.45, 7) is 3.09. The molecule has 10 heteroatoms. The van der Waals surface area contributed by atoms with Crippen LogP contribution >= 0.6 is 23.2 Å². The number of carbonyl (C=O) groups is 1. The molecule has 0 saturated carbocycles. The van der Waals surface area contributed by atoms with Crippen molar-refractivity contribution in [3.8, 4) is 0 Å². The van der Waals surface area contributed by atoms with Crippen molar-refractivity contribution in [1.29, 1.82) is 0 Å². The van der Waals surface area contributed by atoms with Gasteiger partial charge in [-0.3, -0.25) is 15.6 Å². The van der Waals surface area contributed by atoms with Gasteiger partial charge in [0.2, 0.25) is 0 Å². The van der Waals surface area contributed by atoms with Crippen LogP contribution in [0.25, 0.3) is 0 Å². The summed E-state index contributed by atoms with van der Waals surface area (Å²) >= 11 is 12.0. The van der Waals surface area contributed by atoms with Gasteiger partial charge >= 0.3 is 0 Å². The molecule has 31 heavy (non-hydrogen) atoms. The van der Waals surface area contributed by atoms with Crippen LogP contribution in [-0.2, 0) is 0 Å². The van der Waals surface area contributed by atoms with Gasteiger partial charge in [-0.25, -0.2) is 9.97 Å². The minimum atomic E-state index is -0.327. The number of nitrogen functional groups attached to an aromatic ring is 1. The number of nitrogens with one attached hydrogen (secondary N) is 2. The molecule has 1 aliphatic rings. The topological polar surface area (TPSA) is 99.4 Å². The van der Waals surface area contributed by atoms with E-state index in [1.54, 1.807) is 24.3 Å². The monoisotopic (exact) mass is 457 g/mol. The summed E-state index contributed by atoms with van der Waals surface area (Å²) in [4.78, 5) is 25.2. The van der Waals surface area contributed by atoms with Crippen LogP contribution in [0.1, 0.15) is 10.4 Å². The molecular weight excluding hydrogens is 437 g/mol. The minimum Gasteiger partial charge on any atom is -0.393 e. The Kier molecular flexibility index (Phi) is 6.29. The van der Waals surface area contributed by atoms with E-state index >= 15 is 0 Å². The van der Waals surface area contributed by atoms with Gasteiger partial charge in [0.1, 0.15) is 12.0 Å². The number of carbonyl (C=O) groups excluding carboxylic acids is 1. The molecule has 2 aromatic carbocycles. The Morgan fingerprint density at radius 2 is 1.65 bits per heavy atom. The number of piperazine rings is 1. The fraction of sp³-hybridized carbons (Fsp3) is 0.190.